The van der Waals surface area contributed by atoms with E-state index >= 15 is 0 Å². The Morgan fingerprint density at radius 1 is 0.684 bits per heavy atom. The highest BCUT2D eigenvalue weighted by molar-refractivity contribution is 6.31. The van der Waals surface area contributed by atoms with Crippen molar-refractivity contribution in [2.45, 2.75) is 58.3 Å². The Hall–Kier alpha value is -3.65. The number of hydrogen-bond acceptors (Lipinski definition) is 6. The highest BCUT2D eigenvalue weighted by Crippen LogP contribution is 2.20. The van der Waals surface area contributed by atoms with Gasteiger partial charge in [0.25, 0.3) is 0 Å². The summed E-state index contributed by atoms with van der Waals surface area (Å²) in [7, 11) is 0. The number of imide groups is 2. The van der Waals surface area contributed by atoms with Crippen molar-refractivity contribution in [3.63, 3.8) is 0 Å². The van der Waals surface area contributed by atoms with Crippen molar-refractivity contribution in [3.05, 3.63) is 69.2 Å². The standard InChI is InChI=1S/C15H17NO3.C14H14ClNO3/c1-11-9-12(10-17)4-5-13(11)3-2-8-16-14(18)6-7-15(16)19;15-12-8-10(9-17)3-4-11(12)2-1-7-16-13(18)5-6-14(16)19/h4-5,9-10H,2-3,6-8H2,1H3;3-4,8-9H,1-2,5-7H2. The lowest BCUT2D eigenvalue weighted by Gasteiger charge is -2.14. The minimum absolute atomic E-state index is 0.0574. The Balaban J connectivity index is 0.000000211. The maximum Gasteiger partial charge on any atom is 0.229 e. The summed E-state index contributed by atoms with van der Waals surface area (Å²) in [6.07, 6.45) is 5.86. The fourth-order valence-electron chi connectivity index (χ4n) is 4.51. The number of amides is 4. The predicted molar refractivity (Wildman–Crippen MR) is 142 cm³/mol. The first-order valence-corrected chi connectivity index (χ1v) is 13.1. The summed E-state index contributed by atoms with van der Waals surface area (Å²) in [5.74, 6) is -0.296. The molecule has 2 aromatic carbocycles. The Bertz CT molecular complexity index is 1110. The molecule has 4 amide bonds. The van der Waals surface area contributed by atoms with E-state index in [0.29, 0.717) is 67.8 Å². The molecule has 9 heteroatoms. The minimum Gasteiger partial charge on any atom is -0.298 e. The van der Waals surface area contributed by atoms with Gasteiger partial charge in [0.05, 0.1) is 0 Å². The van der Waals surface area contributed by atoms with Crippen molar-refractivity contribution in [3.8, 4) is 0 Å². The predicted octanol–water partition coefficient (Wildman–Crippen LogP) is 4.12. The molecule has 38 heavy (non-hydrogen) atoms. The van der Waals surface area contributed by atoms with Crippen molar-refractivity contribution >= 4 is 47.8 Å². The van der Waals surface area contributed by atoms with E-state index in [1.807, 2.05) is 19.1 Å². The molecule has 0 aromatic heterocycles. The Morgan fingerprint density at radius 2 is 1.11 bits per heavy atom. The van der Waals surface area contributed by atoms with E-state index in [4.69, 9.17) is 11.6 Å². The molecule has 0 aliphatic carbocycles. The number of benzene rings is 2. The van der Waals surface area contributed by atoms with Crippen LogP contribution in [0.2, 0.25) is 5.02 Å². The van der Waals surface area contributed by atoms with Gasteiger partial charge in [-0.05, 0) is 61.4 Å². The van der Waals surface area contributed by atoms with Gasteiger partial charge in [-0.3, -0.25) is 38.6 Å². The van der Waals surface area contributed by atoms with Crippen LogP contribution >= 0.6 is 11.6 Å². The van der Waals surface area contributed by atoms with Gasteiger partial charge in [-0.1, -0.05) is 35.9 Å². The number of likely N-dealkylation sites (tertiary alicyclic amines) is 2. The molecule has 0 N–H and O–H groups in total. The molecule has 0 bridgehead atoms. The van der Waals surface area contributed by atoms with Gasteiger partial charge in [-0.15, -0.1) is 0 Å². The Morgan fingerprint density at radius 3 is 1.53 bits per heavy atom. The van der Waals surface area contributed by atoms with E-state index in [2.05, 4.69) is 0 Å². The van der Waals surface area contributed by atoms with E-state index in [0.717, 1.165) is 42.1 Å². The zero-order chi connectivity index (χ0) is 27.7. The largest absolute Gasteiger partial charge is 0.298 e. The number of aldehydes is 2. The second-order valence-corrected chi connectivity index (χ2v) is 9.77. The zero-order valence-electron chi connectivity index (χ0n) is 21.4. The summed E-state index contributed by atoms with van der Waals surface area (Å²) in [4.78, 5) is 69.6. The van der Waals surface area contributed by atoms with Gasteiger partial charge in [-0.2, -0.15) is 0 Å². The maximum absolute atomic E-state index is 11.4. The molecule has 2 fully saturated rings. The van der Waals surface area contributed by atoms with E-state index in [9.17, 15) is 28.8 Å². The zero-order valence-corrected chi connectivity index (χ0v) is 22.2. The van der Waals surface area contributed by atoms with Gasteiger partial charge in [0, 0.05) is 54.9 Å². The van der Waals surface area contributed by atoms with E-state index in [-0.39, 0.29) is 23.6 Å². The number of aryl methyl sites for hydroxylation is 3. The lowest BCUT2D eigenvalue weighted by Crippen LogP contribution is -2.30. The van der Waals surface area contributed by atoms with Crippen molar-refractivity contribution in [2.24, 2.45) is 0 Å². The number of hydrogen-bond donors (Lipinski definition) is 0. The fourth-order valence-corrected chi connectivity index (χ4v) is 4.80. The Kier molecular flexibility index (Phi) is 10.5. The van der Waals surface area contributed by atoms with Crippen molar-refractivity contribution in [1.29, 1.82) is 0 Å². The van der Waals surface area contributed by atoms with Gasteiger partial charge in [0.2, 0.25) is 23.6 Å². The van der Waals surface area contributed by atoms with E-state index in [1.54, 1.807) is 24.3 Å². The van der Waals surface area contributed by atoms with Gasteiger partial charge in [-0.25, -0.2) is 0 Å². The summed E-state index contributed by atoms with van der Waals surface area (Å²) < 4.78 is 0. The van der Waals surface area contributed by atoms with Crippen LogP contribution in [0.4, 0.5) is 0 Å². The van der Waals surface area contributed by atoms with Crippen molar-refractivity contribution in [2.75, 3.05) is 13.1 Å². The minimum atomic E-state index is -0.0904. The topological polar surface area (TPSA) is 109 Å². The lowest BCUT2D eigenvalue weighted by atomic mass is 10.0. The number of rotatable bonds is 10. The highest BCUT2D eigenvalue weighted by atomic mass is 35.5. The smallest absolute Gasteiger partial charge is 0.229 e. The third-order valence-electron chi connectivity index (χ3n) is 6.68. The fraction of sp³-hybridized carbons (Fsp3) is 0.379. The third kappa shape index (κ3) is 7.68. The molecule has 0 atom stereocenters. The molecule has 4 rings (SSSR count). The molecule has 2 heterocycles. The van der Waals surface area contributed by atoms with E-state index in [1.165, 1.54) is 9.80 Å². The highest BCUT2D eigenvalue weighted by Gasteiger charge is 2.28. The normalized spacial score (nSPS) is 15.1. The van der Waals surface area contributed by atoms with Crippen LogP contribution in [0.3, 0.4) is 0 Å². The Labute approximate surface area is 226 Å². The second kappa shape index (κ2) is 13.8. The van der Waals surface area contributed by atoms with Crippen molar-refractivity contribution in [1.82, 2.24) is 9.80 Å². The van der Waals surface area contributed by atoms with E-state index < -0.39 is 0 Å². The molecule has 0 radical (unpaired) electrons. The molecule has 2 saturated heterocycles. The van der Waals surface area contributed by atoms with Gasteiger partial charge in [0.1, 0.15) is 12.6 Å². The molecule has 2 aliphatic rings. The summed E-state index contributed by atoms with van der Waals surface area (Å²) in [5, 5.41) is 0.545. The molecule has 200 valence electrons. The summed E-state index contributed by atoms with van der Waals surface area (Å²) in [6, 6.07) is 10.7. The summed E-state index contributed by atoms with van der Waals surface area (Å²) in [5.41, 5.74) is 4.37. The van der Waals surface area contributed by atoms with Gasteiger partial charge >= 0.3 is 0 Å². The van der Waals surface area contributed by atoms with Gasteiger partial charge in [0.15, 0.2) is 0 Å². The number of nitrogens with zero attached hydrogens (tertiary/aromatic N) is 2. The first-order valence-electron chi connectivity index (χ1n) is 12.7. The average Bonchev–Trinajstić information content (AvgIpc) is 3.40. The van der Waals surface area contributed by atoms with Crippen LogP contribution in [-0.4, -0.2) is 59.1 Å². The molecule has 2 aromatic rings. The van der Waals surface area contributed by atoms with Crippen LogP contribution in [0.5, 0.6) is 0 Å². The summed E-state index contributed by atoms with van der Waals surface area (Å²) >= 11 is 6.05. The first-order chi connectivity index (χ1) is 18.2. The quantitative estimate of drug-likeness (QED) is 0.332. The number of halogens is 1. The SMILES string of the molecule is Cc1cc(C=O)ccc1CCCN1C(=O)CCC1=O.O=Cc1ccc(CCCN2C(=O)CCC2=O)c(Cl)c1. The third-order valence-corrected chi connectivity index (χ3v) is 7.03. The first kappa shape index (κ1) is 28.9. The van der Waals surface area contributed by atoms with Crippen LogP contribution in [-0.2, 0) is 32.0 Å². The number of carbonyl (C=O) groups excluding carboxylic acids is 6. The van der Waals surface area contributed by atoms with Crippen LogP contribution in [0.15, 0.2) is 36.4 Å². The molecule has 0 saturated carbocycles. The summed E-state index contributed by atoms with van der Waals surface area (Å²) in [6.45, 7) is 2.89. The second-order valence-electron chi connectivity index (χ2n) is 9.36. The lowest BCUT2D eigenvalue weighted by molar-refractivity contribution is -0.140. The maximum atomic E-state index is 11.4. The molecular formula is C29H31ClN2O6. The van der Waals surface area contributed by atoms with Crippen molar-refractivity contribution < 1.29 is 28.8 Å². The van der Waals surface area contributed by atoms with Gasteiger partial charge < -0.3 is 0 Å². The molecule has 8 nitrogen and oxygen atoms in total. The molecule has 0 spiro atoms. The monoisotopic (exact) mass is 538 g/mol. The number of carbonyl (C=O) groups is 6. The van der Waals surface area contributed by atoms with Crippen LogP contribution in [0, 0.1) is 6.92 Å². The van der Waals surface area contributed by atoms with Crippen LogP contribution in [0.25, 0.3) is 0 Å². The molecule has 0 unspecified atom stereocenters. The van der Waals surface area contributed by atoms with Crippen LogP contribution in [0.1, 0.15) is 75.9 Å². The average molecular weight is 539 g/mol. The molecule has 2 aliphatic heterocycles. The van der Waals surface area contributed by atoms with Crippen LogP contribution < -0.4 is 0 Å². The molecular weight excluding hydrogens is 508 g/mol.